The van der Waals surface area contributed by atoms with Crippen molar-refractivity contribution in [3.05, 3.63) is 0 Å². The van der Waals surface area contributed by atoms with E-state index in [9.17, 15) is 29.7 Å². The largest absolute Gasteiger partial charge is 3.00 e. The quantitative estimate of drug-likeness (QED) is 0.0442. The fourth-order valence-electron chi connectivity index (χ4n) is 7.92. The number of unbranched alkanes of at least 4 members (excludes halogenated alkanes) is 42. The average molecular weight is 984 g/mol. The summed E-state index contributed by atoms with van der Waals surface area (Å²) in [6.07, 6.45) is 59.6. The van der Waals surface area contributed by atoms with Crippen LogP contribution < -0.4 is 15.3 Å². The van der Waals surface area contributed by atoms with Gasteiger partial charge in [0.15, 0.2) is 0 Å². The summed E-state index contributed by atoms with van der Waals surface area (Å²) in [5.41, 5.74) is 0. The van der Waals surface area contributed by atoms with E-state index in [2.05, 4.69) is 20.8 Å². The van der Waals surface area contributed by atoms with E-state index in [1.165, 1.54) is 250 Å². The first-order valence-electron chi connectivity index (χ1n) is 26.9. The van der Waals surface area contributed by atoms with Crippen LogP contribution in [0.5, 0.6) is 0 Å². The number of carbonyl (C=O) groups excluding carboxylic acids is 3. The van der Waals surface area contributed by atoms with Crippen molar-refractivity contribution in [2.24, 2.45) is 0 Å². The molecule has 0 amide bonds. The maximum Gasteiger partial charge on any atom is 3.00 e. The van der Waals surface area contributed by atoms with Gasteiger partial charge in [-0.05, 0) is 38.5 Å². The average Bonchev–Trinajstić information content (AvgIpc) is 3.22. The number of rotatable bonds is 48. The molecule has 6 nitrogen and oxygen atoms in total. The van der Waals surface area contributed by atoms with E-state index in [1.54, 1.807) is 0 Å². The van der Waals surface area contributed by atoms with Gasteiger partial charge in [0, 0.05) is 26.5 Å². The van der Waals surface area contributed by atoms with Gasteiger partial charge >= 0.3 is 24.4 Å². The molecule has 7 heteroatoms. The predicted octanol–water partition coefficient (Wildman–Crippen LogP) is 16.1. The standard InChI is InChI=1S/3C18H36O2.Sb.6H2/c3*1-2-3-4-5-6-7-8-9-10-11-12-13-14-15-16-17-18(19)20;;;;;;;/h3*2-17H2,1H3,(H,19,20);;6*1H/q;;;+3;;;;;;/p-3. The first-order chi connectivity index (χ1) is 29.3. The number of aliphatic carboxylic acids is 3. The summed E-state index contributed by atoms with van der Waals surface area (Å²) in [5, 5.41) is 30.7. The zero-order valence-electron chi connectivity index (χ0n) is 41.3. The summed E-state index contributed by atoms with van der Waals surface area (Å²) < 4.78 is 0. The molecule has 0 aliphatic carbocycles. The third kappa shape index (κ3) is 76.9. The number of carboxylic acid groups (broad SMARTS) is 3. The third-order valence-electron chi connectivity index (χ3n) is 12.0. The van der Waals surface area contributed by atoms with Gasteiger partial charge in [0.25, 0.3) is 0 Å². The summed E-state index contributed by atoms with van der Waals surface area (Å²) in [4.78, 5) is 30.7. The normalized spacial score (nSPS) is 10.7. The van der Waals surface area contributed by atoms with Crippen LogP contribution in [0.2, 0.25) is 0 Å². The van der Waals surface area contributed by atoms with Crippen LogP contribution >= 0.6 is 0 Å². The SMILES string of the molecule is CCCCCCCCCCCCCCCCCC(=O)[O-].CCCCCCCCCCCCCCCCCC(=O)[O-].CCCCCCCCCCCCCCCCCC(=O)[O-].[HH].[HH].[HH].[HH].[HH].[HH].[Sb+3]. The van der Waals surface area contributed by atoms with Crippen LogP contribution in [0.1, 0.15) is 338 Å². The Morgan fingerprint density at radius 3 is 0.426 bits per heavy atom. The van der Waals surface area contributed by atoms with Crippen molar-refractivity contribution in [2.45, 2.75) is 329 Å². The van der Waals surface area contributed by atoms with Crippen molar-refractivity contribution in [3.63, 3.8) is 0 Å². The molecule has 0 bridgehead atoms. The van der Waals surface area contributed by atoms with Crippen molar-refractivity contribution in [1.82, 2.24) is 0 Å². The minimum Gasteiger partial charge on any atom is -0.550 e. The molecule has 0 saturated carbocycles. The number of carboxylic acids is 3. The maximum absolute atomic E-state index is 10.2. The molecular weight excluding hydrogens is 866 g/mol. The van der Waals surface area contributed by atoms with Crippen molar-refractivity contribution < 1.29 is 38.3 Å². The monoisotopic (exact) mass is 983 g/mol. The second-order valence-electron chi connectivity index (χ2n) is 18.2. The Labute approximate surface area is 407 Å². The summed E-state index contributed by atoms with van der Waals surface area (Å²) in [6.45, 7) is 6.80. The van der Waals surface area contributed by atoms with Gasteiger partial charge in [0.1, 0.15) is 0 Å². The van der Waals surface area contributed by atoms with Crippen molar-refractivity contribution >= 4 is 42.3 Å². The van der Waals surface area contributed by atoms with Crippen LogP contribution in [0.25, 0.3) is 0 Å². The second-order valence-corrected chi connectivity index (χ2v) is 18.2. The fourth-order valence-corrected chi connectivity index (χ4v) is 7.92. The molecule has 0 fully saturated rings. The number of hydrogen-bond acceptors (Lipinski definition) is 6. The van der Waals surface area contributed by atoms with Gasteiger partial charge in [-0.15, -0.1) is 0 Å². The molecule has 0 aromatic carbocycles. The molecule has 374 valence electrons. The Hall–Kier alpha value is -0.772. The van der Waals surface area contributed by atoms with E-state index in [-0.39, 0.29) is 52.3 Å². The summed E-state index contributed by atoms with van der Waals surface area (Å²) in [6, 6.07) is 0. The first-order valence-corrected chi connectivity index (χ1v) is 26.9. The van der Waals surface area contributed by atoms with Gasteiger partial charge in [-0.1, -0.05) is 290 Å². The van der Waals surface area contributed by atoms with Gasteiger partial charge in [-0.25, -0.2) is 0 Å². The zero-order valence-corrected chi connectivity index (χ0v) is 43.9. The molecule has 0 aliphatic heterocycles. The molecule has 0 aromatic rings. The molecule has 0 saturated heterocycles. The topological polar surface area (TPSA) is 120 Å². The zero-order chi connectivity index (χ0) is 44.7. The van der Waals surface area contributed by atoms with Crippen LogP contribution in [0.3, 0.4) is 0 Å². The van der Waals surface area contributed by atoms with Gasteiger partial charge in [-0.3, -0.25) is 0 Å². The van der Waals surface area contributed by atoms with E-state index < -0.39 is 17.9 Å². The summed E-state index contributed by atoms with van der Waals surface area (Å²) >= 11 is 0. The van der Waals surface area contributed by atoms with Crippen molar-refractivity contribution in [2.75, 3.05) is 0 Å². The number of hydrogen-bond donors (Lipinski definition) is 0. The fraction of sp³-hybridized carbons (Fsp3) is 0.944. The second kappa shape index (κ2) is 63.5. The van der Waals surface area contributed by atoms with Gasteiger partial charge < -0.3 is 29.7 Å². The molecule has 0 spiro atoms. The van der Waals surface area contributed by atoms with Gasteiger partial charge in [0.2, 0.25) is 0 Å². The molecule has 0 atom stereocenters. The molecule has 0 aliphatic rings. The van der Waals surface area contributed by atoms with Crippen LogP contribution in [0, 0.1) is 0 Å². The van der Waals surface area contributed by atoms with E-state index in [0.29, 0.717) is 0 Å². The van der Waals surface area contributed by atoms with Crippen molar-refractivity contribution in [1.29, 1.82) is 0 Å². The van der Waals surface area contributed by atoms with E-state index in [1.807, 2.05) is 0 Å². The smallest absolute Gasteiger partial charge is 0.550 e. The van der Waals surface area contributed by atoms with E-state index >= 15 is 0 Å². The Morgan fingerprint density at radius 2 is 0.328 bits per heavy atom. The Kier molecular flexibility index (Phi) is 69.6. The van der Waals surface area contributed by atoms with Crippen LogP contribution in [0.4, 0.5) is 0 Å². The number of carbonyl (C=O) groups is 3. The minimum absolute atomic E-state index is 0. The van der Waals surface area contributed by atoms with Gasteiger partial charge in [0.05, 0.1) is 0 Å². The maximum atomic E-state index is 10.2. The van der Waals surface area contributed by atoms with E-state index in [0.717, 1.165) is 38.5 Å². The Bertz CT molecular complexity index is 746. The molecule has 2 radical (unpaired) electrons. The van der Waals surface area contributed by atoms with E-state index in [4.69, 9.17) is 0 Å². The predicted molar refractivity (Wildman–Crippen MR) is 272 cm³/mol. The molecular formula is C54H117O6Sb. The van der Waals surface area contributed by atoms with Crippen LogP contribution in [-0.2, 0) is 14.4 Å². The molecule has 0 heterocycles. The molecule has 0 aromatic heterocycles. The molecule has 0 N–H and O–H groups in total. The Balaban J connectivity index is -0.0000000864. The summed E-state index contributed by atoms with van der Waals surface area (Å²) in [5.74, 6) is -2.71. The molecule has 61 heavy (non-hydrogen) atoms. The minimum atomic E-state index is -0.903. The third-order valence-corrected chi connectivity index (χ3v) is 12.0. The van der Waals surface area contributed by atoms with Crippen molar-refractivity contribution in [3.8, 4) is 0 Å². The summed E-state index contributed by atoms with van der Waals surface area (Å²) in [7, 11) is 0. The first kappa shape index (κ1) is 66.8. The van der Waals surface area contributed by atoms with Crippen LogP contribution in [0.15, 0.2) is 0 Å². The van der Waals surface area contributed by atoms with Crippen LogP contribution in [-0.4, -0.2) is 42.3 Å². The molecule has 0 rings (SSSR count). The Morgan fingerprint density at radius 1 is 0.230 bits per heavy atom. The molecule has 0 unspecified atom stereocenters. The van der Waals surface area contributed by atoms with Gasteiger partial charge in [-0.2, -0.15) is 0 Å².